The third kappa shape index (κ3) is 3.71. The SMILES string of the molecule is CCS(=O)CC(N)c1ccc(OC)c(OC)c1. The van der Waals surface area contributed by atoms with Crippen molar-refractivity contribution in [3.63, 3.8) is 0 Å². The van der Waals surface area contributed by atoms with Crippen LogP contribution < -0.4 is 15.2 Å². The van der Waals surface area contributed by atoms with Crippen LogP contribution in [0.5, 0.6) is 11.5 Å². The number of rotatable bonds is 6. The Hall–Kier alpha value is -1.07. The summed E-state index contributed by atoms with van der Waals surface area (Å²) in [6.45, 7) is 1.89. The van der Waals surface area contributed by atoms with Crippen LogP contribution in [0.15, 0.2) is 18.2 Å². The molecule has 0 fully saturated rings. The van der Waals surface area contributed by atoms with E-state index in [1.165, 1.54) is 0 Å². The molecule has 0 aliphatic carbocycles. The van der Waals surface area contributed by atoms with Crippen LogP contribution in [0.2, 0.25) is 0 Å². The standard InChI is InChI=1S/C12H19NO3S/c1-4-17(14)8-10(13)9-5-6-11(15-2)12(7-9)16-3/h5-7,10H,4,8,13H2,1-3H3. The highest BCUT2D eigenvalue weighted by molar-refractivity contribution is 7.84. The van der Waals surface area contributed by atoms with Gasteiger partial charge in [0.05, 0.1) is 14.2 Å². The average Bonchev–Trinajstić information content (AvgIpc) is 2.37. The van der Waals surface area contributed by atoms with Gasteiger partial charge in [0.15, 0.2) is 11.5 Å². The molecule has 17 heavy (non-hydrogen) atoms. The molecule has 0 bridgehead atoms. The molecule has 1 aromatic carbocycles. The summed E-state index contributed by atoms with van der Waals surface area (Å²) >= 11 is 0. The molecular weight excluding hydrogens is 238 g/mol. The number of benzene rings is 1. The first-order chi connectivity index (χ1) is 8.12. The molecule has 0 saturated carbocycles. The second kappa shape index (κ2) is 6.61. The number of methoxy groups -OCH3 is 2. The van der Waals surface area contributed by atoms with E-state index in [0.29, 0.717) is 23.0 Å². The Balaban J connectivity index is 2.87. The fourth-order valence-corrected chi connectivity index (χ4v) is 2.33. The van der Waals surface area contributed by atoms with Crippen molar-refractivity contribution in [2.24, 2.45) is 5.73 Å². The zero-order valence-corrected chi connectivity index (χ0v) is 11.3. The van der Waals surface area contributed by atoms with Crippen molar-refractivity contribution in [3.8, 4) is 11.5 Å². The molecule has 4 nitrogen and oxygen atoms in total. The third-order valence-corrected chi connectivity index (χ3v) is 3.90. The summed E-state index contributed by atoms with van der Waals surface area (Å²) in [5.74, 6) is 2.40. The van der Waals surface area contributed by atoms with Crippen molar-refractivity contribution in [3.05, 3.63) is 23.8 Å². The quantitative estimate of drug-likeness (QED) is 0.838. The molecule has 0 aliphatic rings. The molecule has 1 rings (SSSR count). The maximum Gasteiger partial charge on any atom is 0.161 e. The maximum absolute atomic E-state index is 11.4. The Kier molecular flexibility index (Phi) is 5.44. The van der Waals surface area contributed by atoms with Crippen LogP contribution >= 0.6 is 0 Å². The van der Waals surface area contributed by atoms with Gasteiger partial charge in [0.25, 0.3) is 0 Å². The monoisotopic (exact) mass is 257 g/mol. The van der Waals surface area contributed by atoms with Gasteiger partial charge in [0.2, 0.25) is 0 Å². The molecule has 0 aromatic heterocycles. The second-order valence-corrected chi connectivity index (χ2v) is 5.41. The van der Waals surface area contributed by atoms with E-state index in [4.69, 9.17) is 15.2 Å². The summed E-state index contributed by atoms with van der Waals surface area (Å²) in [7, 11) is 2.30. The number of hydrogen-bond donors (Lipinski definition) is 1. The lowest BCUT2D eigenvalue weighted by molar-refractivity contribution is 0.354. The highest BCUT2D eigenvalue weighted by Crippen LogP contribution is 2.29. The lowest BCUT2D eigenvalue weighted by atomic mass is 10.1. The third-order valence-electron chi connectivity index (χ3n) is 2.52. The van der Waals surface area contributed by atoms with Crippen LogP contribution in [0, 0.1) is 0 Å². The molecule has 1 aromatic rings. The minimum Gasteiger partial charge on any atom is -0.493 e. The Morgan fingerprint density at radius 3 is 2.47 bits per heavy atom. The van der Waals surface area contributed by atoms with Gasteiger partial charge in [-0.15, -0.1) is 0 Å². The first-order valence-corrected chi connectivity index (χ1v) is 6.93. The lowest BCUT2D eigenvalue weighted by Crippen LogP contribution is -2.19. The summed E-state index contributed by atoms with van der Waals surface area (Å²) in [4.78, 5) is 0. The van der Waals surface area contributed by atoms with Crippen molar-refractivity contribution in [2.45, 2.75) is 13.0 Å². The van der Waals surface area contributed by atoms with E-state index in [-0.39, 0.29) is 6.04 Å². The minimum atomic E-state index is -0.870. The maximum atomic E-state index is 11.4. The molecule has 96 valence electrons. The molecular formula is C12H19NO3S. The van der Waals surface area contributed by atoms with Crippen molar-refractivity contribution >= 4 is 10.8 Å². The number of nitrogens with two attached hydrogens (primary N) is 1. The second-order valence-electron chi connectivity index (χ2n) is 3.62. The van der Waals surface area contributed by atoms with Gasteiger partial charge in [0, 0.05) is 28.3 Å². The van der Waals surface area contributed by atoms with Gasteiger partial charge in [0.1, 0.15) is 0 Å². The van der Waals surface area contributed by atoms with Gasteiger partial charge < -0.3 is 15.2 Å². The molecule has 5 heteroatoms. The summed E-state index contributed by atoms with van der Waals surface area (Å²) in [5.41, 5.74) is 6.90. The molecule has 0 radical (unpaired) electrons. The smallest absolute Gasteiger partial charge is 0.161 e. The van der Waals surface area contributed by atoms with Crippen LogP contribution in [0.1, 0.15) is 18.5 Å². The summed E-state index contributed by atoms with van der Waals surface area (Å²) in [6.07, 6.45) is 0. The molecule has 0 saturated heterocycles. The Morgan fingerprint density at radius 1 is 1.29 bits per heavy atom. The van der Waals surface area contributed by atoms with Crippen molar-refractivity contribution in [1.82, 2.24) is 0 Å². The topological polar surface area (TPSA) is 61.6 Å². The highest BCUT2D eigenvalue weighted by Gasteiger charge is 2.12. The van der Waals surface area contributed by atoms with Crippen molar-refractivity contribution in [2.75, 3.05) is 25.7 Å². The minimum absolute atomic E-state index is 0.240. The van der Waals surface area contributed by atoms with Crippen LogP contribution in [0.3, 0.4) is 0 Å². The highest BCUT2D eigenvalue weighted by atomic mass is 32.2. The first kappa shape index (κ1) is 14.0. The number of ether oxygens (including phenoxy) is 2. The lowest BCUT2D eigenvalue weighted by Gasteiger charge is -2.14. The summed E-state index contributed by atoms with van der Waals surface area (Å²) < 4.78 is 21.8. The molecule has 2 atom stereocenters. The van der Waals surface area contributed by atoms with E-state index in [1.807, 2.05) is 25.1 Å². The van der Waals surface area contributed by atoms with Crippen LogP contribution in [0.4, 0.5) is 0 Å². The van der Waals surface area contributed by atoms with Gasteiger partial charge in [-0.05, 0) is 17.7 Å². The predicted octanol–water partition coefficient (Wildman–Crippen LogP) is 1.47. The van der Waals surface area contributed by atoms with Crippen LogP contribution in [-0.4, -0.2) is 29.9 Å². The molecule has 2 N–H and O–H groups in total. The normalized spacial score (nSPS) is 14.1. The van der Waals surface area contributed by atoms with Crippen LogP contribution in [-0.2, 0) is 10.8 Å². The van der Waals surface area contributed by atoms with Gasteiger partial charge in [-0.2, -0.15) is 0 Å². The van der Waals surface area contributed by atoms with E-state index < -0.39 is 10.8 Å². The van der Waals surface area contributed by atoms with Gasteiger partial charge in [-0.1, -0.05) is 13.0 Å². The summed E-state index contributed by atoms with van der Waals surface area (Å²) in [5, 5.41) is 0. The zero-order valence-electron chi connectivity index (χ0n) is 10.4. The fourth-order valence-electron chi connectivity index (χ4n) is 1.50. The molecule has 0 amide bonds. The molecule has 0 aliphatic heterocycles. The first-order valence-electron chi connectivity index (χ1n) is 5.44. The van der Waals surface area contributed by atoms with E-state index >= 15 is 0 Å². The van der Waals surface area contributed by atoms with E-state index in [9.17, 15) is 4.21 Å². The summed E-state index contributed by atoms with van der Waals surface area (Å²) in [6, 6.07) is 5.27. The largest absolute Gasteiger partial charge is 0.493 e. The van der Waals surface area contributed by atoms with Gasteiger partial charge in [-0.3, -0.25) is 4.21 Å². The zero-order chi connectivity index (χ0) is 12.8. The molecule has 0 heterocycles. The van der Waals surface area contributed by atoms with E-state index in [2.05, 4.69) is 0 Å². The Labute approximate surface area is 105 Å². The Morgan fingerprint density at radius 2 is 1.94 bits per heavy atom. The predicted molar refractivity (Wildman–Crippen MR) is 70.0 cm³/mol. The van der Waals surface area contributed by atoms with Gasteiger partial charge >= 0.3 is 0 Å². The fraction of sp³-hybridized carbons (Fsp3) is 0.500. The van der Waals surface area contributed by atoms with Crippen molar-refractivity contribution in [1.29, 1.82) is 0 Å². The van der Waals surface area contributed by atoms with Crippen molar-refractivity contribution < 1.29 is 13.7 Å². The van der Waals surface area contributed by atoms with E-state index in [0.717, 1.165) is 5.56 Å². The van der Waals surface area contributed by atoms with Gasteiger partial charge in [-0.25, -0.2) is 0 Å². The van der Waals surface area contributed by atoms with E-state index in [1.54, 1.807) is 14.2 Å². The Bertz CT molecular complexity index is 395. The average molecular weight is 257 g/mol. The van der Waals surface area contributed by atoms with Crippen LogP contribution in [0.25, 0.3) is 0 Å². The number of hydrogen-bond acceptors (Lipinski definition) is 4. The molecule has 2 unspecified atom stereocenters. The molecule has 0 spiro atoms.